The fourth-order valence-corrected chi connectivity index (χ4v) is 3.57. The van der Waals surface area contributed by atoms with E-state index in [1.165, 1.54) is 17.1 Å². The van der Waals surface area contributed by atoms with E-state index in [4.69, 9.17) is 0 Å². The average molecular weight is 271 g/mol. The third kappa shape index (κ3) is 2.93. The molecule has 0 aliphatic carbocycles. The Morgan fingerprint density at radius 1 is 1.50 bits per heavy atom. The first-order valence-corrected chi connectivity index (χ1v) is 7.76. The number of piperidine rings is 1. The Morgan fingerprint density at radius 2 is 2.28 bits per heavy atom. The summed E-state index contributed by atoms with van der Waals surface area (Å²) in [6, 6.07) is 1.92. The molecule has 1 fully saturated rings. The molecule has 2 heterocycles. The molecule has 2 rings (SSSR count). The molecule has 0 bridgehead atoms. The second-order valence-electron chi connectivity index (χ2n) is 4.95. The maximum absolute atomic E-state index is 12.3. The summed E-state index contributed by atoms with van der Waals surface area (Å²) >= 11 is 0. The van der Waals surface area contributed by atoms with Crippen LogP contribution in [-0.4, -0.2) is 43.5 Å². The number of sulfonamides is 1. The van der Waals surface area contributed by atoms with Crippen molar-refractivity contribution in [1.29, 1.82) is 0 Å². The molecule has 0 saturated carbocycles. The Bertz CT molecular complexity index is 489. The van der Waals surface area contributed by atoms with Crippen molar-refractivity contribution in [3.8, 4) is 0 Å². The van der Waals surface area contributed by atoms with Crippen molar-refractivity contribution >= 4 is 10.0 Å². The molecule has 1 unspecified atom stereocenters. The van der Waals surface area contributed by atoms with Crippen LogP contribution in [0.4, 0.5) is 0 Å². The zero-order chi connectivity index (χ0) is 13.2. The van der Waals surface area contributed by atoms with Crippen LogP contribution in [0, 0.1) is 0 Å². The number of likely N-dealkylation sites (N-methyl/N-ethyl adjacent to an activating group) is 1. The fourth-order valence-electron chi connectivity index (χ4n) is 2.30. The molecule has 102 valence electrons. The third-order valence-electron chi connectivity index (χ3n) is 3.40. The topological polar surface area (TPSA) is 54.3 Å². The van der Waals surface area contributed by atoms with Crippen LogP contribution >= 0.6 is 0 Å². The fraction of sp³-hybridized carbons (Fsp3) is 0.667. The smallest absolute Gasteiger partial charge is 0.244 e. The molecule has 5 nitrogen and oxygen atoms in total. The summed E-state index contributed by atoms with van der Waals surface area (Å²) in [6.07, 6.45) is 6.80. The van der Waals surface area contributed by atoms with E-state index < -0.39 is 10.0 Å². The van der Waals surface area contributed by atoms with Crippen LogP contribution in [0.3, 0.4) is 0 Å². The lowest BCUT2D eigenvalue weighted by molar-refractivity contribution is 0.337. The number of hydrogen-bond donors (Lipinski definition) is 1. The van der Waals surface area contributed by atoms with Crippen LogP contribution in [0.5, 0.6) is 0 Å². The number of hydrogen-bond acceptors (Lipinski definition) is 3. The Kier molecular flexibility index (Phi) is 4.09. The molecular formula is C12H21N3O2S. The largest absolute Gasteiger partial charge is 0.356 e. The number of aryl methyl sites for hydroxylation is 1. The lowest BCUT2D eigenvalue weighted by atomic mass is 10.1. The average Bonchev–Trinajstić information content (AvgIpc) is 2.78. The Labute approximate surface area is 109 Å². The molecule has 1 aromatic heterocycles. The van der Waals surface area contributed by atoms with Crippen LogP contribution in [-0.2, 0) is 17.1 Å². The first kappa shape index (κ1) is 13.6. The standard InChI is InChI=1S/C12H21N3O2S/c1-14-8-6-12(10-14)18(16,17)15(2)9-11-5-3-4-7-13-11/h6,8,10-11,13H,3-5,7,9H2,1-2H3. The Balaban J connectivity index is 2.05. The molecular weight excluding hydrogens is 250 g/mol. The van der Waals surface area contributed by atoms with Crippen molar-refractivity contribution in [2.45, 2.75) is 30.2 Å². The summed E-state index contributed by atoms with van der Waals surface area (Å²) in [5, 5.41) is 3.37. The van der Waals surface area contributed by atoms with Crippen molar-refractivity contribution < 1.29 is 8.42 Å². The first-order valence-electron chi connectivity index (χ1n) is 6.32. The van der Waals surface area contributed by atoms with E-state index in [0.717, 1.165) is 13.0 Å². The second kappa shape index (κ2) is 5.42. The highest BCUT2D eigenvalue weighted by Gasteiger charge is 2.25. The summed E-state index contributed by atoms with van der Waals surface area (Å²) in [5.74, 6) is 0. The first-order chi connectivity index (χ1) is 8.50. The van der Waals surface area contributed by atoms with Crippen molar-refractivity contribution in [1.82, 2.24) is 14.2 Å². The van der Waals surface area contributed by atoms with Crippen LogP contribution in [0.15, 0.2) is 23.4 Å². The van der Waals surface area contributed by atoms with E-state index in [-0.39, 0.29) is 6.04 Å². The van der Waals surface area contributed by atoms with Gasteiger partial charge in [0.1, 0.15) is 0 Å². The molecule has 0 aromatic carbocycles. The molecule has 1 N–H and O–H groups in total. The molecule has 6 heteroatoms. The number of nitrogens with zero attached hydrogens (tertiary/aromatic N) is 2. The van der Waals surface area contributed by atoms with Gasteiger partial charge in [0.2, 0.25) is 10.0 Å². The Hall–Kier alpha value is -0.850. The van der Waals surface area contributed by atoms with E-state index in [1.54, 1.807) is 30.1 Å². The predicted molar refractivity (Wildman–Crippen MR) is 70.9 cm³/mol. The third-order valence-corrected chi connectivity index (χ3v) is 5.21. The Morgan fingerprint density at radius 3 is 2.83 bits per heavy atom. The van der Waals surface area contributed by atoms with E-state index in [0.29, 0.717) is 11.4 Å². The maximum atomic E-state index is 12.3. The molecule has 0 radical (unpaired) electrons. The number of aromatic nitrogens is 1. The van der Waals surface area contributed by atoms with Crippen molar-refractivity contribution in [2.75, 3.05) is 20.1 Å². The summed E-state index contributed by atoms with van der Waals surface area (Å²) in [6.45, 7) is 1.53. The number of nitrogens with one attached hydrogen (secondary N) is 1. The highest BCUT2D eigenvalue weighted by Crippen LogP contribution is 2.16. The molecule has 1 saturated heterocycles. The maximum Gasteiger partial charge on any atom is 0.244 e. The van der Waals surface area contributed by atoms with E-state index in [2.05, 4.69) is 5.32 Å². The zero-order valence-corrected chi connectivity index (χ0v) is 11.8. The van der Waals surface area contributed by atoms with Gasteiger partial charge in [0, 0.05) is 39.1 Å². The number of rotatable bonds is 4. The van der Waals surface area contributed by atoms with Gasteiger partial charge in [-0.1, -0.05) is 6.42 Å². The van der Waals surface area contributed by atoms with Gasteiger partial charge in [-0.2, -0.15) is 4.31 Å². The summed E-state index contributed by atoms with van der Waals surface area (Å²) in [5.41, 5.74) is 0. The van der Waals surface area contributed by atoms with Gasteiger partial charge in [0.05, 0.1) is 4.90 Å². The van der Waals surface area contributed by atoms with Crippen molar-refractivity contribution in [2.24, 2.45) is 7.05 Å². The van der Waals surface area contributed by atoms with Gasteiger partial charge in [-0.3, -0.25) is 0 Å². The summed E-state index contributed by atoms with van der Waals surface area (Å²) < 4.78 is 27.8. The highest BCUT2D eigenvalue weighted by molar-refractivity contribution is 7.89. The van der Waals surface area contributed by atoms with E-state index in [1.807, 2.05) is 7.05 Å². The highest BCUT2D eigenvalue weighted by atomic mass is 32.2. The van der Waals surface area contributed by atoms with E-state index in [9.17, 15) is 8.42 Å². The lowest BCUT2D eigenvalue weighted by Crippen LogP contribution is -2.44. The van der Waals surface area contributed by atoms with Gasteiger partial charge in [-0.25, -0.2) is 8.42 Å². The zero-order valence-electron chi connectivity index (χ0n) is 11.0. The van der Waals surface area contributed by atoms with Crippen molar-refractivity contribution in [3.05, 3.63) is 18.5 Å². The quantitative estimate of drug-likeness (QED) is 0.881. The summed E-state index contributed by atoms with van der Waals surface area (Å²) in [7, 11) is 0.128. The molecule has 1 aromatic rings. The van der Waals surface area contributed by atoms with Gasteiger partial charge in [0.25, 0.3) is 0 Å². The van der Waals surface area contributed by atoms with Crippen LogP contribution in [0.2, 0.25) is 0 Å². The van der Waals surface area contributed by atoms with Gasteiger partial charge in [-0.05, 0) is 25.5 Å². The summed E-state index contributed by atoms with van der Waals surface area (Å²) in [4.78, 5) is 0.364. The molecule has 1 aliphatic rings. The minimum Gasteiger partial charge on any atom is -0.356 e. The van der Waals surface area contributed by atoms with Crippen LogP contribution in [0.25, 0.3) is 0 Å². The van der Waals surface area contributed by atoms with Gasteiger partial charge in [-0.15, -0.1) is 0 Å². The molecule has 1 aliphatic heterocycles. The monoisotopic (exact) mass is 271 g/mol. The van der Waals surface area contributed by atoms with Gasteiger partial charge in [0.15, 0.2) is 0 Å². The predicted octanol–water partition coefficient (Wildman–Crippen LogP) is 0.788. The van der Waals surface area contributed by atoms with Crippen LogP contribution < -0.4 is 5.32 Å². The van der Waals surface area contributed by atoms with Crippen molar-refractivity contribution in [3.63, 3.8) is 0 Å². The minimum atomic E-state index is -3.35. The molecule has 0 amide bonds. The molecule has 1 atom stereocenters. The molecule has 0 spiro atoms. The van der Waals surface area contributed by atoms with Crippen LogP contribution in [0.1, 0.15) is 19.3 Å². The normalized spacial score (nSPS) is 21.4. The van der Waals surface area contributed by atoms with Gasteiger partial charge < -0.3 is 9.88 Å². The molecule has 18 heavy (non-hydrogen) atoms. The van der Waals surface area contributed by atoms with E-state index >= 15 is 0 Å². The second-order valence-corrected chi connectivity index (χ2v) is 6.99. The SMILES string of the molecule is CN(CC1CCCCN1)S(=O)(=O)c1ccn(C)c1. The lowest BCUT2D eigenvalue weighted by Gasteiger charge is -2.27. The minimum absolute atomic E-state index is 0.280. The van der Waals surface area contributed by atoms with Gasteiger partial charge >= 0.3 is 0 Å².